The number of ether oxygens (including phenoxy) is 1. The second-order valence-corrected chi connectivity index (χ2v) is 6.41. The molecular formula is C20H26O2. The molecule has 1 aliphatic carbocycles. The van der Waals surface area contributed by atoms with E-state index in [-0.39, 0.29) is 12.1 Å². The van der Waals surface area contributed by atoms with Gasteiger partial charge >= 0.3 is 5.97 Å². The molecule has 0 amide bonds. The molecule has 0 saturated carbocycles. The Balaban J connectivity index is 2.25. The molecule has 2 heteroatoms. The van der Waals surface area contributed by atoms with Crippen molar-refractivity contribution in [3.63, 3.8) is 0 Å². The van der Waals surface area contributed by atoms with Crippen LogP contribution >= 0.6 is 0 Å². The van der Waals surface area contributed by atoms with Gasteiger partial charge in [-0.05, 0) is 58.1 Å². The summed E-state index contributed by atoms with van der Waals surface area (Å²) in [6, 6.07) is 0. The fourth-order valence-corrected chi connectivity index (χ4v) is 2.81. The molecule has 0 aromatic heterocycles. The van der Waals surface area contributed by atoms with Crippen molar-refractivity contribution < 1.29 is 9.53 Å². The van der Waals surface area contributed by atoms with Crippen LogP contribution in [0.2, 0.25) is 0 Å². The molecule has 2 nitrogen and oxygen atoms in total. The minimum atomic E-state index is -0.152. The summed E-state index contributed by atoms with van der Waals surface area (Å²) in [5.74, 6) is -0.152. The molecule has 1 unspecified atom stereocenters. The zero-order valence-corrected chi connectivity index (χ0v) is 13.9. The SMILES string of the molecule is C=C(C)C1=CC=C(C)CCC=C(C)CC2C=C(CC1)C(=O)O2. The second-order valence-electron chi connectivity index (χ2n) is 6.41. The molecule has 0 radical (unpaired) electrons. The van der Waals surface area contributed by atoms with E-state index < -0.39 is 0 Å². The Morgan fingerprint density at radius 2 is 1.95 bits per heavy atom. The zero-order valence-electron chi connectivity index (χ0n) is 13.9. The Morgan fingerprint density at radius 3 is 2.68 bits per heavy atom. The third kappa shape index (κ3) is 4.59. The van der Waals surface area contributed by atoms with E-state index in [1.165, 1.54) is 16.7 Å². The molecule has 1 heterocycles. The van der Waals surface area contributed by atoms with Crippen LogP contribution in [0.1, 0.15) is 52.9 Å². The van der Waals surface area contributed by atoms with E-state index in [9.17, 15) is 4.79 Å². The van der Waals surface area contributed by atoms with Crippen molar-refractivity contribution in [2.75, 3.05) is 0 Å². The highest BCUT2D eigenvalue weighted by molar-refractivity contribution is 5.91. The summed E-state index contributed by atoms with van der Waals surface area (Å²) in [5, 5.41) is 0. The van der Waals surface area contributed by atoms with Gasteiger partial charge in [-0.2, -0.15) is 0 Å². The van der Waals surface area contributed by atoms with Gasteiger partial charge in [0, 0.05) is 12.0 Å². The molecule has 0 saturated heterocycles. The van der Waals surface area contributed by atoms with Gasteiger partial charge in [0.15, 0.2) is 0 Å². The van der Waals surface area contributed by atoms with E-state index >= 15 is 0 Å². The summed E-state index contributed by atoms with van der Waals surface area (Å²) < 4.78 is 5.46. The average molecular weight is 298 g/mol. The van der Waals surface area contributed by atoms with Crippen molar-refractivity contribution in [1.82, 2.24) is 0 Å². The molecular weight excluding hydrogens is 272 g/mol. The normalized spacial score (nSPS) is 23.6. The zero-order chi connectivity index (χ0) is 16.1. The Bertz CT molecular complexity index is 585. The number of hydrogen-bond donors (Lipinski definition) is 0. The lowest BCUT2D eigenvalue weighted by molar-refractivity contribution is -0.139. The Labute approximate surface area is 133 Å². The minimum absolute atomic E-state index is 0.0874. The number of carbonyl (C=O) groups is 1. The fourth-order valence-electron chi connectivity index (χ4n) is 2.81. The van der Waals surface area contributed by atoms with E-state index in [1.807, 2.05) is 13.0 Å². The Kier molecular flexibility index (Phi) is 5.59. The van der Waals surface area contributed by atoms with Gasteiger partial charge in [0.1, 0.15) is 6.10 Å². The lowest BCUT2D eigenvalue weighted by atomic mass is 9.97. The molecule has 1 aliphatic heterocycles. The fraction of sp³-hybridized carbons (Fsp3) is 0.450. The van der Waals surface area contributed by atoms with E-state index in [4.69, 9.17) is 4.74 Å². The van der Waals surface area contributed by atoms with Crippen LogP contribution in [0, 0.1) is 0 Å². The summed E-state index contributed by atoms with van der Waals surface area (Å²) in [6.07, 6.45) is 13.0. The van der Waals surface area contributed by atoms with Gasteiger partial charge in [-0.25, -0.2) is 4.79 Å². The van der Waals surface area contributed by atoms with Gasteiger partial charge < -0.3 is 4.74 Å². The summed E-state index contributed by atoms with van der Waals surface area (Å²) in [4.78, 5) is 12.0. The molecule has 22 heavy (non-hydrogen) atoms. The van der Waals surface area contributed by atoms with Gasteiger partial charge in [-0.1, -0.05) is 41.5 Å². The summed E-state index contributed by atoms with van der Waals surface area (Å²) in [6.45, 7) is 10.4. The maximum absolute atomic E-state index is 12.0. The van der Waals surface area contributed by atoms with Crippen molar-refractivity contribution >= 4 is 5.97 Å². The first kappa shape index (κ1) is 16.5. The molecule has 2 bridgehead atoms. The molecule has 0 fully saturated rings. The van der Waals surface area contributed by atoms with Gasteiger partial charge in [0.2, 0.25) is 0 Å². The highest BCUT2D eigenvalue weighted by Gasteiger charge is 2.25. The van der Waals surface area contributed by atoms with Crippen LogP contribution < -0.4 is 0 Å². The second kappa shape index (κ2) is 7.44. The molecule has 0 spiro atoms. The van der Waals surface area contributed by atoms with Crippen molar-refractivity contribution in [2.24, 2.45) is 0 Å². The maximum Gasteiger partial charge on any atom is 0.334 e. The molecule has 2 rings (SSSR count). The standard InChI is InChI=1S/C20H26O2/c1-14(2)17-9-8-15(3)6-5-7-16(4)12-19-13-18(11-10-17)20(21)22-19/h7-9,13,19H,1,5-6,10-12H2,2-4H3. The molecule has 1 atom stereocenters. The van der Waals surface area contributed by atoms with E-state index in [0.717, 1.165) is 43.3 Å². The van der Waals surface area contributed by atoms with Gasteiger partial charge in [0.05, 0.1) is 0 Å². The van der Waals surface area contributed by atoms with Crippen LogP contribution in [0.25, 0.3) is 0 Å². The third-order valence-electron chi connectivity index (χ3n) is 4.24. The predicted molar refractivity (Wildman–Crippen MR) is 91.5 cm³/mol. The number of rotatable bonds is 1. The lowest BCUT2D eigenvalue weighted by Crippen LogP contribution is -2.08. The summed E-state index contributed by atoms with van der Waals surface area (Å²) in [7, 11) is 0. The van der Waals surface area contributed by atoms with Gasteiger partial charge in [0.25, 0.3) is 0 Å². The number of carbonyl (C=O) groups excluding carboxylic acids is 1. The van der Waals surface area contributed by atoms with Crippen LogP contribution in [0.5, 0.6) is 0 Å². The smallest absolute Gasteiger partial charge is 0.334 e. The van der Waals surface area contributed by atoms with Crippen LogP contribution in [0.15, 0.2) is 58.7 Å². The van der Waals surface area contributed by atoms with E-state index in [0.29, 0.717) is 0 Å². The molecule has 0 aromatic carbocycles. The van der Waals surface area contributed by atoms with E-state index in [1.54, 1.807) is 0 Å². The van der Waals surface area contributed by atoms with Crippen LogP contribution in [0.4, 0.5) is 0 Å². The molecule has 118 valence electrons. The van der Waals surface area contributed by atoms with E-state index in [2.05, 4.69) is 38.7 Å². The topological polar surface area (TPSA) is 26.3 Å². The quantitative estimate of drug-likeness (QED) is 0.491. The van der Waals surface area contributed by atoms with Crippen molar-refractivity contribution in [1.29, 1.82) is 0 Å². The highest BCUT2D eigenvalue weighted by atomic mass is 16.5. The summed E-state index contributed by atoms with van der Waals surface area (Å²) in [5.41, 5.74) is 5.74. The first-order chi connectivity index (χ1) is 10.5. The first-order valence-electron chi connectivity index (χ1n) is 8.05. The number of fused-ring (bicyclic) bond motifs is 1. The van der Waals surface area contributed by atoms with Crippen LogP contribution in [-0.2, 0) is 9.53 Å². The number of allylic oxidation sites excluding steroid dienone is 6. The number of esters is 1. The molecule has 0 N–H and O–H groups in total. The molecule has 0 aromatic rings. The predicted octanol–water partition coefficient (Wildman–Crippen LogP) is 5.20. The van der Waals surface area contributed by atoms with Crippen molar-refractivity contribution in [3.8, 4) is 0 Å². The number of hydrogen-bond acceptors (Lipinski definition) is 2. The minimum Gasteiger partial charge on any atom is -0.454 e. The van der Waals surface area contributed by atoms with Crippen LogP contribution in [-0.4, -0.2) is 12.1 Å². The highest BCUT2D eigenvalue weighted by Crippen LogP contribution is 2.26. The van der Waals surface area contributed by atoms with Gasteiger partial charge in [-0.3, -0.25) is 0 Å². The van der Waals surface area contributed by atoms with Crippen LogP contribution in [0.3, 0.4) is 0 Å². The Hall–Kier alpha value is -1.83. The van der Waals surface area contributed by atoms with Crippen molar-refractivity contribution in [2.45, 2.75) is 59.0 Å². The monoisotopic (exact) mass is 298 g/mol. The third-order valence-corrected chi connectivity index (χ3v) is 4.24. The maximum atomic E-state index is 12.0. The van der Waals surface area contributed by atoms with Crippen molar-refractivity contribution in [3.05, 3.63) is 58.7 Å². The Morgan fingerprint density at radius 1 is 1.18 bits per heavy atom. The average Bonchev–Trinajstić information content (AvgIpc) is 2.77. The lowest BCUT2D eigenvalue weighted by Gasteiger charge is -2.08. The molecule has 2 aliphatic rings. The van der Waals surface area contributed by atoms with Gasteiger partial charge in [-0.15, -0.1) is 0 Å². The largest absolute Gasteiger partial charge is 0.454 e. The first-order valence-corrected chi connectivity index (χ1v) is 8.05. The summed E-state index contributed by atoms with van der Waals surface area (Å²) >= 11 is 0.